The SMILES string of the molecule is COC(=O)c1ccc(NC(=O)CSc2nnc3c(n2)[nH]c2ccc(OC)cc23)cc1. The zero-order valence-electron chi connectivity index (χ0n) is 16.1. The molecule has 30 heavy (non-hydrogen) atoms. The number of aromatic amines is 1. The first-order valence-corrected chi connectivity index (χ1v) is 9.87. The zero-order valence-corrected chi connectivity index (χ0v) is 16.9. The van der Waals surface area contributed by atoms with Crippen LogP contribution in [0.1, 0.15) is 10.4 Å². The lowest BCUT2D eigenvalue weighted by atomic mass is 10.2. The molecule has 0 aliphatic heterocycles. The third kappa shape index (κ3) is 4.03. The summed E-state index contributed by atoms with van der Waals surface area (Å²) in [4.78, 5) is 31.3. The number of nitrogens with zero attached hydrogens (tertiary/aromatic N) is 3. The second-order valence-corrected chi connectivity index (χ2v) is 7.18. The van der Waals surface area contributed by atoms with Gasteiger partial charge in [0.05, 0.1) is 25.5 Å². The molecule has 0 radical (unpaired) electrons. The van der Waals surface area contributed by atoms with Crippen molar-refractivity contribution in [2.45, 2.75) is 5.16 Å². The van der Waals surface area contributed by atoms with E-state index < -0.39 is 5.97 Å². The van der Waals surface area contributed by atoms with Crippen molar-refractivity contribution in [1.82, 2.24) is 20.2 Å². The second-order valence-electron chi connectivity index (χ2n) is 6.23. The molecule has 0 aliphatic carbocycles. The minimum atomic E-state index is -0.432. The number of ether oxygens (including phenoxy) is 2. The minimum absolute atomic E-state index is 0.111. The number of H-pyrrole nitrogens is 1. The van der Waals surface area contributed by atoms with E-state index in [0.717, 1.165) is 16.7 Å². The number of anilines is 1. The molecule has 152 valence electrons. The fraction of sp³-hybridized carbons (Fsp3) is 0.150. The first-order chi connectivity index (χ1) is 14.6. The van der Waals surface area contributed by atoms with E-state index in [1.165, 1.54) is 18.9 Å². The smallest absolute Gasteiger partial charge is 0.337 e. The summed E-state index contributed by atoms with van der Waals surface area (Å²) in [5.41, 5.74) is 3.10. The summed E-state index contributed by atoms with van der Waals surface area (Å²) in [6, 6.07) is 12.1. The Morgan fingerprint density at radius 3 is 2.63 bits per heavy atom. The first-order valence-electron chi connectivity index (χ1n) is 8.88. The van der Waals surface area contributed by atoms with Crippen LogP contribution in [-0.4, -0.2) is 52.0 Å². The van der Waals surface area contributed by atoms with Crippen molar-refractivity contribution < 1.29 is 19.1 Å². The van der Waals surface area contributed by atoms with Crippen LogP contribution in [0.25, 0.3) is 22.1 Å². The van der Waals surface area contributed by atoms with Crippen LogP contribution < -0.4 is 10.1 Å². The highest BCUT2D eigenvalue weighted by molar-refractivity contribution is 7.99. The first kappa shape index (κ1) is 19.6. The molecule has 4 aromatic rings. The van der Waals surface area contributed by atoms with Crippen LogP contribution in [0.4, 0.5) is 5.69 Å². The van der Waals surface area contributed by atoms with Crippen LogP contribution >= 0.6 is 11.8 Å². The van der Waals surface area contributed by atoms with E-state index in [2.05, 4.69) is 30.2 Å². The molecule has 0 atom stereocenters. The number of methoxy groups -OCH3 is 2. The number of benzene rings is 2. The molecule has 0 aliphatic rings. The van der Waals surface area contributed by atoms with Crippen LogP contribution in [0.2, 0.25) is 0 Å². The molecule has 9 nitrogen and oxygen atoms in total. The summed E-state index contributed by atoms with van der Waals surface area (Å²) in [6.07, 6.45) is 0. The van der Waals surface area contributed by atoms with E-state index in [9.17, 15) is 9.59 Å². The summed E-state index contributed by atoms with van der Waals surface area (Å²) in [6.45, 7) is 0. The molecule has 10 heteroatoms. The molecule has 2 aromatic heterocycles. The number of carbonyl (C=O) groups excluding carboxylic acids is 2. The van der Waals surface area contributed by atoms with Gasteiger partial charge in [-0.05, 0) is 42.5 Å². The van der Waals surface area contributed by atoms with Gasteiger partial charge in [0.15, 0.2) is 5.65 Å². The third-order valence-corrected chi connectivity index (χ3v) is 5.16. The zero-order chi connectivity index (χ0) is 21.1. The summed E-state index contributed by atoms with van der Waals surface area (Å²) < 4.78 is 9.90. The Morgan fingerprint density at radius 2 is 1.90 bits per heavy atom. The monoisotopic (exact) mass is 423 g/mol. The van der Waals surface area contributed by atoms with Crippen molar-refractivity contribution in [3.05, 3.63) is 48.0 Å². The van der Waals surface area contributed by atoms with Gasteiger partial charge in [-0.1, -0.05) is 11.8 Å². The Morgan fingerprint density at radius 1 is 1.10 bits per heavy atom. The average Bonchev–Trinajstić information content (AvgIpc) is 3.14. The number of hydrogen-bond donors (Lipinski definition) is 2. The predicted octanol–water partition coefficient (Wildman–Crippen LogP) is 3.03. The van der Waals surface area contributed by atoms with Gasteiger partial charge in [0.1, 0.15) is 11.3 Å². The Bertz CT molecular complexity index is 1240. The fourth-order valence-electron chi connectivity index (χ4n) is 2.86. The number of aromatic nitrogens is 4. The molecular weight excluding hydrogens is 406 g/mol. The standard InChI is InChI=1S/C20H17N5O4S/c1-28-13-7-8-15-14(9-13)17-18(22-15)23-20(25-24-17)30-10-16(26)21-12-5-3-11(4-6-12)19(27)29-2/h3-9H,10H2,1-2H3,(H,21,26)(H,22,23,25). The molecule has 4 rings (SSSR count). The van der Waals surface area contributed by atoms with Gasteiger partial charge >= 0.3 is 5.97 Å². The molecule has 0 fully saturated rings. The Balaban J connectivity index is 1.42. The van der Waals surface area contributed by atoms with Gasteiger partial charge in [-0.2, -0.15) is 0 Å². The maximum Gasteiger partial charge on any atom is 0.337 e. The van der Waals surface area contributed by atoms with E-state index in [-0.39, 0.29) is 11.7 Å². The van der Waals surface area contributed by atoms with Crippen molar-refractivity contribution in [2.75, 3.05) is 25.3 Å². The third-order valence-electron chi connectivity index (χ3n) is 4.32. The molecular formula is C20H17N5O4S. The maximum atomic E-state index is 12.2. The number of amides is 1. The van der Waals surface area contributed by atoms with Crippen molar-refractivity contribution in [2.24, 2.45) is 0 Å². The van der Waals surface area contributed by atoms with Crippen molar-refractivity contribution >= 4 is 51.4 Å². The topological polar surface area (TPSA) is 119 Å². The van der Waals surface area contributed by atoms with E-state index in [4.69, 9.17) is 4.74 Å². The number of rotatable bonds is 6. The van der Waals surface area contributed by atoms with Gasteiger partial charge in [0.25, 0.3) is 0 Å². The summed E-state index contributed by atoms with van der Waals surface area (Å²) in [5.74, 6) is 0.176. The van der Waals surface area contributed by atoms with Gasteiger partial charge in [-0.15, -0.1) is 10.2 Å². The lowest BCUT2D eigenvalue weighted by Gasteiger charge is -2.05. The average molecular weight is 423 g/mol. The van der Waals surface area contributed by atoms with Crippen LogP contribution in [0, 0.1) is 0 Å². The molecule has 2 N–H and O–H groups in total. The molecule has 0 saturated heterocycles. The molecule has 1 amide bonds. The highest BCUT2D eigenvalue weighted by Gasteiger charge is 2.12. The molecule has 2 aromatic carbocycles. The van der Waals surface area contributed by atoms with Gasteiger partial charge < -0.3 is 19.8 Å². The predicted molar refractivity (Wildman–Crippen MR) is 113 cm³/mol. The van der Waals surface area contributed by atoms with E-state index in [0.29, 0.717) is 27.6 Å². The van der Waals surface area contributed by atoms with Crippen molar-refractivity contribution in [1.29, 1.82) is 0 Å². The quantitative estimate of drug-likeness (QED) is 0.359. The number of fused-ring (bicyclic) bond motifs is 3. The fourth-order valence-corrected chi connectivity index (χ4v) is 3.45. The van der Waals surface area contributed by atoms with Crippen molar-refractivity contribution in [3.8, 4) is 5.75 Å². The normalized spacial score (nSPS) is 10.9. The number of carbonyl (C=O) groups is 2. The highest BCUT2D eigenvalue weighted by Crippen LogP contribution is 2.27. The summed E-state index contributed by atoms with van der Waals surface area (Å²) >= 11 is 1.18. The van der Waals surface area contributed by atoms with Gasteiger partial charge in [0.2, 0.25) is 11.1 Å². The Labute approximate surface area is 175 Å². The summed E-state index contributed by atoms with van der Waals surface area (Å²) in [7, 11) is 2.92. The number of nitrogens with one attached hydrogen (secondary N) is 2. The van der Waals surface area contributed by atoms with Crippen LogP contribution in [0.3, 0.4) is 0 Å². The molecule has 0 unspecified atom stereocenters. The highest BCUT2D eigenvalue weighted by atomic mass is 32.2. The lowest BCUT2D eigenvalue weighted by Crippen LogP contribution is -2.14. The van der Waals surface area contributed by atoms with Gasteiger partial charge in [0, 0.05) is 16.6 Å². The second kappa shape index (κ2) is 8.37. The van der Waals surface area contributed by atoms with Crippen LogP contribution in [0.5, 0.6) is 5.75 Å². The molecule has 2 heterocycles. The number of esters is 1. The summed E-state index contributed by atoms with van der Waals surface area (Å²) in [5, 5.41) is 12.4. The Kier molecular flexibility index (Phi) is 5.48. The van der Waals surface area contributed by atoms with Gasteiger partial charge in [-0.25, -0.2) is 9.78 Å². The number of hydrogen-bond acceptors (Lipinski definition) is 8. The Hall–Kier alpha value is -3.66. The number of thioether (sulfide) groups is 1. The minimum Gasteiger partial charge on any atom is -0.497 e. The molecule has 0 saturated carbocycles. The van der Waals surface area contributed by atoms with Gasteiger partial charge in [-0.3, -0.25) is 4.79 Å². The van der Waals surface area contributed by atoms with E-state index in [1.54, 1.807) is 31.4 Å². The van der Waals surface area contributed by atoms with Crippen LogP contribution in [0.15, 0.2) is 47.6 Å². The van der Waals surface area contributed by atoms with Crippen LogP contribution in [-0.2, 0) is 9.53 Å². The largest absolute Gasteiger partial charge is 0.497 e. The molecule has 0 spiro atoms. The van der Waals surface area contributed by atoms with Crippen molar-refractivity contribution in [3.63, 3.8) is 0 Å². The maximum absolute atomic E-state index is 12.2. The lowest BCUT2D eigenvalue weighted by molar-refractivity contribution is -0.113. The van der Waals surface area contributed by atoms with E-state index in [1.807, 2.05) is 18.2 Å². The van der Waals surface area contributed by atoms with E-state index >= 15 is 0 Å². The molecule has 0 bridgehead atoms.